The van der Waals surface area contributed by atoms with Crippen molar-refractivity contribution in [2.75, 3.05) is 6.61 Å². The van der Waals surface area contributed by atoms with Crippen LogP contribution in [0.25, 0.3) is 0 Å². The minimum absolute atomic E-state index is 0.0895. The molecule has 0 saturated heterocycles. The fourth-order valence-corrected chi connectivity index (χ4v) is 1.71. The van der Waals surface area contributed by atoms with Crippen LogP contribution in [0.15, 0.2) is 41.9 Å². The van der Waals surface area contributed by atoms with Crippen LogP contribution in [-0.4, -0.2) is 12.6 Å². The number of nitrogens with zero attached hydrogens (tertiary/aromatic N) is 4. The number of furan rings is 1. The highest BCUT2D eigenvalue weighted by Crippen LogP contribution is 2.37. The lowest BCUT2D eigenvalue weighted by Crippen LogP contribution is -2.23. The van der Waals surface area contributed by atoms with E-state index in [0.717, 1.165) is 0 Å². The Kier molecular flexibility index (Phi) is 3.32. The molecule has 0 amide bonds. The summed E-state index contributed by atoms with van der Waals surface area (Å²) in [4.78, 5) is 11.5. The van der Waals surface area contributed by atoms with Gasteiger partial charge in [-0.15, -0.1) is 10.2 Å². The topological polar surface area (TPSA) is 88.9 Å². The van der Waals surface area contributed by atoms with Gasteiger partial charge in [0.05, 0.1) is 6.61 Å². The van der Waals surface area contributed by atoms with Crippen molar-refractivity contribution >= 4 is 21.9 Å². The van der Waals surface area contributed by atoms with Crippen LogP contribution in [0.2, 0.25) is 0 Å². The van der Waals surface area contributed by atoms with Gasteiger partial charge in [-0.25, -0.2) is 0 Å². The van der Waals surface area contributed by atoms with Crippen molar-refractivity contribution in [2.24, 2.45) is 20.7 Å². The van der Waals surface area contributed by atoms with Crippen molar-refractivity contribution in [3.8, 4) is 0 Å². The van der Waals surface area contributed by atoms with Gasteiger partial charge in [-0.1, -0.05) is 0 Å². The number of hydrogen-bond donors (Lipinski definition) is 0. The second-order valence-electron chi connectivity index (χ2n) is 3.28. The molecule has 2 rings (SSSR count). The summed E-state index contributed by atoms with van der Waals surface area (Å²) in [6, 6.07) is 3.35. The Balaban J connectivity index is 2.25. The quantitative estimate of drug-likeness (QED) is 0.801. The van der Waals surface area contributed by atoms with Gasteiger partial charge < -0.3 is 9.15 Å². The summed E-state index contributed by atoms with van der Waals surface area (Å²) in [5.41, 5.74) is -1.22. The molecule has 0 atom stereocenters. The van der Waals surface area contributed by atoms with E-state index in [1.54, 1.807) is 19.1 Å². The standard InChI is InChI=1S/C9H9BrN4O3/c1-2-16-8(15)5-9(11-13-14-12-9)6-3-4-7(10)17-6/h3-4H,2,5H2,1H3. The van der Waals surface area contributed by atoms with Gasteiger partial charge in [-0.05, 0) is 45.4 Å². The molecular formula is C9H9BrN4O3. The molecule has 0 saturated carbocycles. The van der Waals surface area contributed by atoms with Crippen LogP contribution in [-0.2, 0) is 15.2 Å². The first-order valence-corrected chi connectivity index (χ1v) is 5.71. The first-order valence-electron chi connectivity index (χ1n) is 4.92. The number of ether oxygens (including phenoxy) is 1. The zero-order valence-corrected chi connectivity index (χ0v) is 10.5. The summed E-state index contributed by atoms with van der Waals surface area (Å²) in [6.45, 7) is 2.02. The fourth-order valence-electron chi connectivity index (χ4n) is 1.41. The van der Waals surface area contributed by atoms with E-state index in [1.807, 2.05) is 0 Å². The van der Waals surface area contributed by atoms with E-state index in [2.05, 4.69) is 36.6 Å². The zero-order valence-electron chi connectivity index (χ0n) is 8.96. The predicted molar refractivity (Wildman–Crippen MR) is 59.0 cm³/mol. The number of esters is 1. The highest BCUT2D eigenvalue weighted by Gasteiger charge is 2.42. The zero-order chi connectivity index (χ0) is 12.3. The lowest BCUT2D eigenvalue weighted by Gasteiger charge is -2.15. The molecule has 0 aliphatic carbocycles. The molecular weight excluding hydrogens is 292 g/mol. The molecule has 0 aromatic carbocycles. The largest absolute Gasteiger partial charge is 0.466 e. The van der Waals surface area contributed by atoms with Crippen molar-refractivity contribution in [1.82, 2.24) is 0 Å². The molecule has 0 bridgehead atoms. The van der Waals surface area contributed by atoms with Crippen LogP contribution >= 0.6 is 15.9 Å². The van der Waals surface area contributed by atoms with Gasteiger partial charge in [-0.2, -0.15) is 0 Å². The second kappa shape index (κ2) is 4.74. The van der Waals surface area contributed by atoms with Crippen LogP contribution in [0.4, 0.5) is 0 Å². The van der Waals surface area contributed by atoms with Gasteiger partial charge in [0.2, 0.25) is 0 Å². The first-order chi connectivity index (χ1) is 8.16. The number of carbonyl (C=O) groups is 1. The van der Waals surface area contributed by atoms with Crippen LogP contribution in [0.5, 0.6) is 0 Å². The molecule has 17 heavy (non-hydrogen) atoms. The first kappa shape index (κ1) is 11.9. The molecule has 0 radical (unpaired) electrons. The van der Waals surface area contributed by atoms with E-state index in [0.29, 0.717) is 17.0 Å². The van der Waals surface area contributed by atoms with Crippen molar-refractivity contribution in [1.29, 1.82) is 0 Å². The minimum atomic E-state index is -1.22. The molecule has 0 N–H and O–H groups in total. The average molecular weight is 301 g/mol. The fraction of sp³-hybridized carbons (Fsp3) is 0.444. The smallest absolute Gasteiger partial charge is 0.310 e. The van der Waals surface area contributed by atoms with E-state index in [-0.39, 0.29) is 6.42 Å². The summed E-state index contributed by atoms with van der Waals surface area (Å²) in [5.74, 6) is -0.0396. The Morgan fingerprint density at radius 3 is 2.71 bits per heavy atom. The normalized spacial score (nSPS) is 16.4. The van der Waals surface area contributed by atoms with E-state index < -0.39 is 11.6 Å². The van der Waals surface area contributed by atoms with Crippen molar-refractivity contribution < 1.29 is 13.9 Å². The van der Waals surface area contributed by atoms with Crippen LogP contribution < -0.4 is 0 Å². The molecule has 0 spiro atoms. The lowest BCUT2D eigenvalue weighted by atomic mass is 10.1. The third-order valence-electron chi connectivity index (χ3n) is 2.12. The highest BCUT2D eigenvalue weighted by molar-refractivity contribution is 9.10. The van der Waals surface area contributed by atoms with Crippen LogP contribution in [0.3, 0.4) is 0 Å². The van der Waals surface area contributed by atoms with Gasteiger partial charge in [0.1, 0.15) is 6.42 Å². The molecule has 1 aliphatic heterocycles. The number of halogens is 1. The highest BCUT2D eigenvalue weighted by atomic mass is 79.9. The Hall–Kier alpha value is -1.57. The molecule has 90 valence electrons. The maximum Gasteiger partial charge on any atom is 0.310 e. The Bertz CT molecular complexity index is 470. The van der Waals surface area contributed by atoms with E-state index in [4.69, 9.17) is 9.15 Å². The Morgan fingerprint density at radius 1 is 1.47 bits per heavy atom. The molecule has 2 heterocycles. The maximum atomic E-state index is 11.5. The predicted octanol–water partition coefficient (Wildman–Crippen LogP) is 2.98. The summed E-state index contributed by atoms with van der Waals surface area (Å²) < 4.78 is 10.7. The van der Waals surface area contributed by atoms with Crippen molar-refractivity contribution in [2.45, 2.75) is 19.0 Å². The van der Waals surface area contributed by atoms with Crippen LogP contribution in [0.1, 0.15) is 19.1 Å². The minimum Gasteiger partial charge on any atom is -0.466 e. The van der Waals surface area contributed by atoms with Gasteiger partial charge in [0.25, 0.3) is 5.66 Å². The molecule has 0 unspecified atom stereocenters. The number of hydrogen-bond acceptors (Lipinski definition) is 7. The average Bonchev–Trinajstić information content (AvgIpc) is 2.88. The van der Waals surface area contributed by atoms with E-state index in [9.17, 15) is 4.79 Å². The lowest BCUT2D eigenvalue weighted by molar-refractivity contribution is -0.144. The van der Waals surface area contributed by atoms with E-state index >= 15 is 0 Å². The Morgan fingerprint density at radius 2 is 2.18 bits per heavy atom. The van der Waals surface area contributed by atoms with Gasteiger partial charge in [0.15, 0.2) is 10.4 Å². The molecule has 1 aromatic heterocycles. The molecule has 0 fully saturated rings. The number of carbonyl (C=O) groups excluding carboxylic acids is 1. The summed E-state index contributed by atoms with van der Waals surface area (Å²) >= 11 is 3.17. The SMILES string of the molecule is CCOC(=O)CC1(c2ccc(Br)o2)N=NN=N1. The summed E-state index contributed by atoms with van der Waals surface area (Å²) in [7, 11) is 0. The molecule has 1 aliphatic rings. The van der Waals surface area contributed by atoms with Gasteiger partial charge >= 0.3 is 5.97 Å². The third kappa shape index (κ3) is 2.41. The second-order valence-corrected chi connectivity index (χ2v) is 4.06. The summed E-state index contributed by atoms with van der Waals surface area (Å²) in [5, 5.41) is 14.6. The molecule has 1 aromatic rings. The van der Waals surface area contributed by atoms with Crippen molar-refractivity contribution in [3.63, 3.8) is 0 Å². The van der Waals surface area contributed by atoms with E-state index in [1.165, 1.54) is 0 Å². The Labute approximate surface area is 105 Å². The van der Waals surface area contributed by atoms with Crippen LogP contribution in [0, 0.1) is 0 Å². The molecule has 7 nitrogen and oxygen atoms in total. The summed E-state index contributed by atoms with van der Waals surface area (Å²) in [6.07, 6.45) is -0.0895. The van der Waals surface area contributed by atoms with Gasteiger partial charge in [-0.3, -0.25) is 4.79 Å². The molecule has 8 heteroatoms. The maximum absolute atomic E-state index is 11.5. The third-order valence-corrected chi connectivity index (χ3v) is 2.55. The van der Waals surface area contributed by atoms with Gasteiger partial charge in [0, 0.05) is 0 Å². The van der Waals surface area contributed by atoms with Crippen molar-refractivity contribution in [3.05, 3.63) is 22.6 Å². The monoisotopic (exact) mass is 300 g/mol. The number of rotatable bonds is 4.